The van der Waals surface area contributed by atoms with E-state index in [9.17, 15) is 13.0 Å². The van der Waals surface area contributed by atoms with Gasteiger partial charge in [-0.2, -0.15) is 5.43 Å². The highest BCUT2D eigenvalue weighted by Crippen LogP contribution is 2.12. The van der Waals surface area contributed by atoms with Crippen LogP contribution >= 0.6 is 0 Å². The first kappa shape index (κ1) is 26.8. The van der Waals surface area contributed by atoms with Crippen LogP contribution in [0.1, 0.15) is 103 Å². The van der Waals surface area contributed by atoms with E-state index in [0.717, 1.165) is 13.0 Å². The molecule has 0 spiro atoms. The van der Waals surface area contributed by atoms with Crippen LogP contribution in [0.4, 0.5) is 0 Å². The third-order valence-electron chi connectivity index (χ3n) is 5.18. The molecule has 164 valence electrons. The molecule has 0 heterocycles. The molecule has 0 saturated heterocycles. The number of rotatable bonds is 20. The van der Waals surface area contributed by atoms with Crippen LogP contribution in [0.15, 0.2) is 0 Å². The maximum absolute atomic E-state index is 10.6. The van der Waals surface area contributed by atoms with E-state index in [1.165, 1.54) is 83.5 Å². The summed E-state index contributed by atoms with van der Waals surface area (Å²) in [4.78, 5) is 0. The zero-order valence-electron chi connectivity index (χ0n) is 18.3. The summed E-state index contributed by atoms with van der Waals surface area (Å²) in [6.45, 7) is 3.86. The van der Waals surface area contributed by atoms with Crippen molar-refractivity contribution in [2.24, 2.45) is 0 Å². The Balaban J connectivity index is 3.32. The average molecular weight is 407 g/mol. The molecule has 0 aliphatic rings. The fourth-order valence-electron chi connectivity index (χ4n) is 3.42. The maximum atomic E-state index is 10.6. The Morgan fingerprint density at radius 2 is 1.11 bits per heavy atom. The van der Waals surface area contributed by atoms with Gasteiger partial charge in [0.05, 0.1) is 30.8 Å². The first-order valence-electron chi connectivity index (χ1n) is 11.3. The summed E-state index contributed by atoms with van der Waals surface area (Å²) < 4.78 is 32.5. The largest absolute Gasteiger partial charge is 0.748 e. The molecule has 0 fully saturated rings. The molecule has 1 N–H and O–H groups in total. The molecule has 0 atom stereocenters. The third-order valence-corrected chi connectivity index (χ3v) is 5.97. The molecule has 0 unspecified atom stereocenters. The quantitative estimate of drug-likeness (QED) is 0.134. The van der Waals surface area contributed by atoms with Crippen molar-refractivity contribution in [2.75, 3.05) is 32.9 Å². The molecule has 6 heteroatoms. The number of quaternary nitrogens is 1. The first-order valence-corrected chi connectivity index (χ1v) is 12.9. The van der Waals surface area contributed by atoms with Crippen molar-refractivity contribution < 1.29 is 17.6 Å². The van der Waals surface area contributed by atoms with Gasteiger partial charge in [-0.25, -0.2) is 8.42 Å². The van der Waals surface area contributed by atoms with Gasteiger partial charge in [-0.15, -0.1) is 0 Å². The standard InChI is InChI=1S/C21H46N2O3S/c1-4-5-6-7-8-9-10-11-12-13-14-15-16-17-19-22-23(2,3)20-18-21-27(24,25)26/h22H,4-21H2,1-3H3. The van der Waals surface area contributed by atoms with Crippen LogP contribution in [0.2, 0.25) is 0 Å². The highest BCUT2D eigenvalue weighted by molar-refractivity contribution is 7.85. The van der Waals surface area contributed by atoms with Gasteiger partial charge >= 0.3 is 0 Å². The maximum Gasteiger partial charge on any atom is 0.0967 e. The van der Waals surface area contributed by atoms with Crippen LogP contribution in [-0.2, 0) is 10.1 Å². The van der Waals surface area contributed by atoms with E-state index in [1.807, 2.05) is 14.1 Å². The molecule has 0 amide bonds. The van der Waals surface area contributed by atoms with Gasteiger partial charge in [0, 0.05) is 18.7 Å². The second-order valence-corrected chi connectivity index (χ2v) is 10.1. The predicted molar refractivity (Wildman–Crippen MR) is 114 cm³/mol. The van der Waals surface area contributed by atoms with E-state index in [2.05, 4.69) is 12.3 Å². The molecule has 0 aromatic carbocycles. The van der Waals surface area contributed by atoms with Crippen LogP contribution < -0.4 is 5.43 Å². The Morgan fingerprint density at radius 1 is 0.704 bits per heavy atom. The van der Waals surface area contributed by atoms with Gasteiger partial charge in [-0.1, -0.05) is 90.4 Å². The lowest BCUT2D eigenvalue weighted by Crippen LogP contribution is -2.52. The van der Waals surface area contributed by atoms with Gasteiger partial charge in [0.25, 0.3) is 0 Å². The lowest BCUT2D eigenvalue weighted by atomic mass is 10.0. The summed E-state index contributed by atoms with van der Waals surface area (Å²) in [7, 11) is -0.0549. The Bertz CT molecular complexity index is 425. The zero-order chi connectivity index (χ0) is 20.4. The molecule has 27 heavy (non-hydrogen) atoms. The Hall–Kier alpha value is -0.170. The molecule has 0 saturated carbocycles. The van der Waals surface area contributed by atoms with Crippen LogP contribution in [0.3, 0.4) is 0 Å². The summed E-state index contributed by atoms with van der Waals surface area (Å²) in [5, 5.41) is 0. The zero-order valence-corrected chi connectivity index (χ0v) is 19.1. The summed E-state index contributed by atoms with van der Waals surface area (Å²) in [6, 6.07) is 0. The highest BCUT2D eigenvalue weighted by Gasteiger charge is 2.14. The van der Waals surface area contributed by atoms with Crippen molar-refractivity contribution in [3.8, 4) is 0 Å². The molecule has 0 aromatic rings. The number of nitrogens with zero attached hydrogens (tertiary/aromatic N) is 1. The van der Waals surface area contributed by atoms with Crippen molar-refractivity contribution in [3.63, 3.8) is 0 Å². The van der Waals surface area contributed by atoms with Gasteiger partial charge in [0.1, 0.15) is 0 Å². The lowest BCUT2D eigenvalue weighted by molar-refractivity contribution is -0.934. The monoisotopic (exact) mass is 406 g/mol. The molecular formula is C21H46N2O3S. The van der Waals surface area contributed by atoms with Crippen molar-refractivity contribution in [3.05, 3.63) is 0 Å². The predicted octanol–water partition coefficient (Wildman–Crippen LogP) is 4.98. The first-order chi connectivity index (χ1) is 12.8. The minimum Gasteiger partial charge on any atom is -0.748 e. The minimum absolute atomic E-state index is 0.269. The molecular weight excluding hydrogens is 360 g/mol. The average Bonchev–Trinajstić information content (AvgIpc) is 2.57. The Morgan fingerprint density at radius 3 is 1.52 bits per heavy atom. The number of hydrogen-bond acceptors (Lipinski definition) is 4. The van der Waals surface area contributed by atoms with E-state index in [1.54, 1.807) is 0 Å². The molecule has 0 bridgehead atoms. The number of hydrogen-bond donors (Lipinski definition) is 1. The van der Waals surface area contributed by atoms with Gasteiger partial charge in [0.2, 0.25) is 0 Å². The SMILES string of the molecule is CCCCCCCCCCCCCCCCN[N+](C)(C)CCCS(=O)(=O)[O-]. The van der Waals surface area contributed by atoms with E-state index < -0.39 is 10.1 Å². The smallest absolute Gasteiger partial charge is 0.0967 e. The fraction of sp³-hybridized carbons (Fsp3) is 1.00. The third kappa shape index (κ3) is 22.0. The molecule has 0 aliphatic heterocycles. The van der Waals surface area contributed by atoms with E-state index in [-0.39, 0.29) is 5.75 Å². The Kier molecular flexibility index (Phi) is 16.6. The van der Waals surface area contributed by atoms with Crippen LogP contribution in [0.5, 0.6) is 0 Å². The van der Waals surface area contributed by atoms with Gasteiger partial charge in [-0.05, 0) is 6.42 Å². The van der Waals surface area contributed by atoms with Crippen molar-refractivity contribution >= 4 is 10.1 Å². The molecule has 5 nitrogen and oxygen atoms in total. The number of nitrogens with one attached hydrogen (secondary N) is 1. The van der Waals surface area contributed by atoms with E-state index >= 15 is 0 Å². The molecule has 0 aliphatic carbocycles. The van der Waals surface area contributed by atoms with Crippen molar-refractivity contribution in [1.29, 1.82) is 0 Å². The second-order valence-electron chi connectivity index (χ2n) is 8.53. The topological polar surface area (TPSA) is 69.2 Å². The summed E-state index contributed by atoms with van der Waals surface area (Å²) >= 11 is 0. The summed E-state index contributed by atoms with van der Waals surface area (Å²) in [5.41, 5.74) is 3.43. The fourth-order valence-corrected chi connectivity index (χ4v) is 3.90. The molecule has 0 radical (unpaired) electrons. The van der Waals surface area contributed by atoms with Gasteiger partial charge in [-0.3, -0.25) is 4.59 Å². The van der Waals surface area contributed by atoms with Gasteiger partial charge < -0.3 is 4.55 Å². The normalized spacial score (nSPS) is 12.6. The highest BCUT2D eigenvalue weighted by atomic mass is 32.2. The molecule has 0 rings (SSSR count). The van der Waals surface area contributed by atoms with Crippen LogP contribution in [0.25, 0.3) is 0 Å². The second kappa shape index (κ2) is 16.8. The van der Waals surface area contributed by atoms with Crippen LogP contribution in [-0.4, -0.2) is 50.5 Å². The Labute approximate surface area is 169 Å². The van der Waals surface area contributed by atoms with Gasteiger partial charge in [0.15, 0.2) is 0 Å². The summed E-state index contributed by atoms with van der Waals surface area (Å²) in [5.74, 6) is -0.269. The van der Waals surface area contributed by atoms with Crippen molar-refractivity contribution in [2.45, 2.75) is 103 Å². The van der Waals surface area contributed by atoms with E-state index in [4.69, 9.17) is 0 Å². The lowest BCUT2D eigenvalue weighted by Gasteiger charge is -2.29. The van der Waals surface area contributed by atoms with Crippen LogP contribution in [0, 0.1) is 0 Å². The van der Waals surface area contributed by atoms with E-state index in [0.29, 0.717) is 17.6 Å². The summed E-state index contributed by atoms with van der Waals surface area (Å²) in [6.07, 6.45) is 19.5. The molecule has 0 aromatic heterocycles. The van der Waals surface area contributed by atoms with Crippen molar-refractivity contribution in [1.82, 2.24) is 5.43 Å². The minimum atomic E-state index is -4.09. The number of unbranched alkanes of at least 4 members (excludes halogenated alkanes) is 13.